The topological polar surface area (TPSA) is 38.3 Å². The van der Waals surface area contributed by atoms with Gasteiger partial charge < -0.3 is 10.1 Å². The minimum atomic E-state index is -0.00694. The molecule has 23 heavy (non-hydrogen) atoms. The number of benzene rings is 2. The summed E-state index contributed by atoms with van der Waals surface area (Å²) < 4.78 is 5.57. The number of hydrogen-bond acceptors (Lipinski definition) is 2. The average molecular weight is 309 g/mol. The van der Waals surface area contributed by atoms with Crippen molar-refractivity contribution < 1.29 is 9.53 Å². The predicted molar refractivity (Wildman–Crippen MR) is 91.1 cm³/mol. The third kappa shape index (κ3) is 4.67. The zero-order chi connectivity index (χ0) is 15.9. The second-order valence-corrected chi connectivity index (χ2v) is 6.06. The summed E-state index contributed by atoms with van der Waals surface area (Å²) in [6.07, 6.45) is 3.38. The number of nitrogens with one attached hydrogen (secondary N) is 1. The average Bonchev–Trinajstić information content (AvgIpc) is 3.09. The van der Waals surface area contributed by atoms with E-state index < -0.39 is 0 Å². The Bertz CT molecular complexity index is 606. The zero-order valence-corrected chi connectivity index (χ0v) is 13.3. The van der Waals surface area contributed by atoms with Gasteiger partial charge in [-0.15, -0.1) is 0 Å². The van der Waals surface area contributed by atoms with Gasteiger partial charge in [-0.05, 0) is 30.4 Å². The van der Waals surface area contributed by atoms with Gasteiger partial charge in [0.2, 0.25) is 5.91 Å². The van der Waals surface area contributed by atoms with Crippen molar-refractivity contribution in [1.29, 1.82) is 0 Å². The molecule has 1 saturated heterocycles. The van der Waals surface area contributed by atoms with Crippen molar-refractivity contribution >= 4 is 5.91 Å². The van der Waals surface area contributed by atoms with Crippen LogP contribution >= 0.6 is 0 Å². The van der Waals surface area contributed by atoms with Crippen molar-refractivity contribution in [3.8, 4) is 0 Å². The fourth-order valence-electron chi connectivity index (χ4n) is 3.05. The second-order valence-electron chi connectivity index (χ2n) is 6.06. The summed E-state index contributed by atoms with van der Waals surface area (Å²) in [6.45, 7) is 0.782. The van der Waals surface area contributed by atoms with Gasteiger partial charge in [-0.2, -0.15) is 0 Å². The van der Waals surface area contributed by atoms with Gasteiger partial charge in [-0.1, -0.05) is 60.7 Å². The fourth-order valence-corrected chi connectivity index (χ4v) is 3.05. The standard InChI is InChI=1S/C20H23NO2/c22-20(15-18-12-7-13-23-18)21-19(17-10-5-2-6-11-17)14-16-8-3-1-4-9-16/h1-6,8-11,18-19H,7,12-15H2,(H,21,22). The molecule has 3 heteroatoms. The highest BCUT2D eigenvalue weighted by Crippen LogP contribution is 2.20. The third-order valence-electron chi connectivity index (χ3n) is 4.26. The van der Waals surface area contributed by atoms with Gasteiger partial charge in [0.1, 0.15) is 0 Å². The fraction of sp³-hybridized carbons (Fsp3) is 0.350. The highest BCUT2D eigenvalue weighted by atomic mass is 16.5. The quantitative estimate of drug-likeness (QED) is 0.884. The summed E-state index contributed by atoms with van der Waals surface area (Å²) in [5.74, 6) is 0.0710. The Kier molecular flexibility index (Phi) is 5.43. The van der Waals surface area contributed by atoms with E-state index in [9.17, 15) is 4.79 Å². The molecule has 1 fully saturated rings. The molecule has 1 aliphatic heterocycles. The smallest absolute Gasteiger partial charge is 0.223 e. The molecule has 3 rings (SSSR count). The Morgan fingerprint density at radius 3 is 2.43 bits per heavy atom. The van der Waals surface area contributed by atoms with Crippen LogP contribution < -0.4 is 5.32 Å². The summed E-state index contributed by atoms with van der Waals surface area (Å²) >= 11 is 0. The normalized spacial score (nSPS) is 18.5. The molecule has 1 heterocycles. The third-order valence-corrected chi connectivity index (χ3v) is 4.26. The maximum atomic E-state index is 12.4. The number of amides is 1. The highest BCUT2D eigenvalue weighted by Gasteiger charge is 2.21. The molecule has 2 atom stereocenters. The van der Waals surface area contributed by atoms with Gasteiger partial charge in [-0.25, -0.2) is 0 Å². The molecule has 0 aromatic heterocycles. The van der Waals surface area contributed by atoms with Crippen LogP contribution in [0.2, 0.25) is 0 Å². The lowest BCUT2D eigenvalue weighted by Gasteiger charge is -2.20. The minimum Gasteiger partial charge on any atom is -0.378 e. The first kappa shape index (κ1) is 15.8. The van der Waals surface area contributed by atoms with Crippen LogP contribution in [0.25, 0.3) is 0 Å². The maximum Gasteiger partial charge on any atom is 0.223 e. The molecule has 2 aromatic rings. The lowest BCUT2D eigenvalue weighted by Crippen LogP contribution is -2.32. The first-order valence-electron chi connectivity index (χ1n) is 8.31. The van der Waals surface area contributed by atoms with E-state index in [4.69, 9.17) is 4.74 Å². The first-order valence-corrected chi connectivity index (χ1v) is 8.31. The summed E-state index contributed by atoms with van der Waals surface area (Å²) in [5, 5.41) is 3.19. The number of carbonyl (C=O) groups excluding carboxylic acids is 1. The monoisotopic (exact) mass is 309 g/mol. The summed E-state index contributed by atoms with van der Waals surface area (Å²) in [4.78, 5) is 12.4. The Morgan fingerprint density at radius 2 is 1.78 bits per heavy atom. The van der Waals surface area contributed by atoms with Gasteiger partial charge >= 0.3 is 0 Å². The van der Waals surface area contributed by atoms with Crippen LogP contribution in [0.3, 0.4) is 0 Å². The van der Waals surface area contributed by atoms with Crippen LogP contribution in [0, 0.1) is 0 Å². The Hall–Kier alpha value is -2.13. The lowest BCUT2D eigenvalue weighted by atomic mass is 9.98. The van der Waals surface area contributed by atoms with Gasteiger partial charge in [0.15, 0.2) is 0 Å². The Balaban J connectivity index is 1.68. The second kappa shape index (κ2) is 7.93. The number of hydrogen-bond donors (Lipinski definition) is 1. The van der Waals surface area contributed by atoms with Crippen LogP contribution in [-0.4, -0.2) is 18.6 Å². The van der Waals surface area contributed by atoms with Crippen molar-refractivity contribution in [3.63, 3.8) is 0 Å². The SMILES string of the molecule is O=C(CC1CCCO1)NC(Cc1ccccc1)c1ccccc1. The molecule has 1 amide bonds. The molecule has 1 aliphatic rings. The first-order chi connectivity index (χ1) is 11.3. The minimum absolute atomic E-state index is 0.00694. The van der Waals surface area contributed by atoms with Crippen molar-refractivity contribution in [1.82, 2.24) is 5.32 Å². The molecule has 0 aliphatic carbocycles. The van der Waals surface area contributed by atoms with E-state index in [1.807, 2.05) is 36.4 Å². The maximum absolute atomic E-state index is 12.4. The molecule has 120 valence electrons. The predicted octanol–water partition coefficient (Wildman–Crippen LogP) is 3.66. The van der Waals surface area contributed by atoms with Gasteiger partial charge in [-0.3, -0.25) is 4.79 Å². The van der Waals surface area contributed by atoms with Gasteiger partial charge in [0.05, 0.1) is 18.6 Å². The number of carbonyl (C=O) groups is 1. The molecule has 1 N–H and O–H groups in total. The van der Waals surface area contributed by atoms with Gasteiger partial charge in [0.25, 0.3) is 0 Å². The van der Waals surface area contributed by atoms with E-state index in [0.29, 0.717) is 6.42 Å². The Morgan fingerprint density at radius 1 is 1.09 bits per heavy atom. The highest BCUT2D eigenvalue weighted by molar-refractivity contribution is 5.77. The summed E-state index contributed by atoms with van der Waals surface area (Å²) in [7, 11) is 0. The number of rotatable bonds is 6. The molecular weight excluding hydrogens is 286 g/mol. The zero-order valence-electron chi connectivity index (χ0n) is 13.3. The van der Waals surface area contributed by atoms with Crippen LogP contribution in [0.5, 0.6) is 0 Å². The lowest BCUT2D eigenvalue weighted by molar-refractivity contribution is -0.124. The summed E-state index contributed by atoms with van der Waals surface area (Å²) in [6, 6.07) is 20.4. The molecule has 0 saturated carbocycles. The van der Waals surface area contributed by atoms with Crippen molar-refractivity contribution in [2.45, 2.75) is 37.8 Å². The molecule has 0 spiro atoms. The summed E-state index contributed by atoms with van der Waals surface area (Å²) in [5.41, 5.74) is 2.36. The van der Waals surface area contributed by atoms with E-state index in [-0.39, 0.29) is 18.1 Å². The van der Waals surface area contributed by atoms with Crippen LogP contribution in [0.15, 0.2) is 60.7 Å². The molecule has 0 radical (unpaired) electrons. The molecule has 2 unspecified atom stereocenters. The van der Waals surface area contributed by atoms with Crippen molar-refractivity contribution in [3.05, 3.63) is 71.8 Å². The van der Waals surface area contributed by atoms with Crippen LogP contribution in [0.1, 0.15) is 36.4 Å². The van der Waals surface area contributed by atoms with Crippen molar-refractivity contribution in [2.75, 3.05) is 6.61 Å². The van der Waals surface area contributed by atoms with E-state index in [1.165, 1.54) is 5.56 Å². The molecule has 0 bridgehead atoms. The number of ether oxygens (including phenoxy) is 1. The van der Waals surface area contributed by atoms with Crippen molar-refractivity contribution in [2.24, 2.45) is 0 Å². The van der Waals surface area contributed by atoms with Crippen LogP contribution in [-0.2, 0) is 16.0 Å². The van der Waals surface area contributed by atoms with E-state index in [1.54, 1.807) is 0 Å². The van der Waals surface area contributed by atoms with Crippen LogP contribution in [0.4, 0.5) is 0 Å². The van der Waals surface area contributed by atoms with E-state index in [0.717, 1.165) is 31.4 Å². The largest absolute Gasteiger partial charge is 0.378 e. The molecular formula is C20H23NO2. The van der Waals surface area contributed by atoms with E-state index >= 15 is 0 Å². The van der Waals surface area contributed by atoms with E-state index in [2.05, 4.69) is 29.6 Å². The van der Waals surface area contributed by atoms with Gasteiger partial charge in [0, 0.05) is 6.61 Å². The molecule has 2 aromatic carbocycles. The Labute approximate surface area is 137 Å². The molecule has 3 nitrogen and oxygen atoms in total.